The number of piperazine rings is 1. The molecule has 40 heavy (non-hydrogen) atoms. The lowest BCUT2D eigenvalue weighted by Crippen LogP contribution is -2.50. The normalized spacial score (nSPS) is 21.7. The molecular weight excluding hydrogens is 496 g/mol. The molecule has 6 nitrogen and oxygen atoms in total. The Morgan fingerprint density at radius 1 is 0.900 bits per heavy atom. The minimum absolute atomic E-state index is 0.0775. The zero-order valence-corrected chi connectivity index (χ0v) is 23.1. The summed E-state index contributed by atoms with van der Waals surface area (Å²) in [6, 6.07) is 29.1. The van der Waals surface area contributed by atoms with Crippen molar-refractivity contribution in [2.45, 2.75) is 37.9 Å². The zero-order chi connectivity index (χ0) is 27.3. The van der Waals surface area contributed by atoms with Crippen LogP contribution in [0.1, 0.15) is 53.5 Å². The molecule has 0 N–H and O–H groups in total. The van der Waals surface area contributed by atoms with Crippen LogP contribution in [0.5, 0.6) is 0 Å². The highest BCUT2D eigenvalue weighted by atomic mass is 16.5. The highest BCUT2D eigenvalue weighted by Gasteiger charge is 2.46. The van der Waals surface area contributed by atoms with Crippen molar-refractivity contribution in [1.29, 1.82) is 5.26 Å². The van der Waals surface area contributed by atoms with Crippen molar-refractivity contribution in [2.75, 3.05) is 50.7 Å². The van der Waals surface area contributed by atoms with Gasteiger partial charge in [-0.3, -0.25) is 9.69 Å². The molecule has 206 valence electrons. The number of hydrogen-bond donors (Lipinski definition) is 0. The van der Waals surface area contributed by atoms with Gasteiger partial charge in [0.1, 0.15) is 0 Å². The molecule has 3 fully saturated rings. The van der Waals surface area contributed by atoms with Crippen LogP contribution in [0.25, 0.3) is 0 Å². The van der Waals surface area contributed by atoms with Gasteiger partial charge < -0.3 is 14.5 Å². The van der Waals surface area contributed by atoms with Gasteiger partial charge in [0.25, 0.3) is 0 Å². The van der Waals surface area contributed by atoms with E-state index in [4.69, 9.17) is 10.00 Å². The average molecular weight is 535 g/mol. The predicted octanol–water partition coefficient (Wildman–Crippen LogP) is 5.36. The first-order valence-corrected chi connectivity index (χ1v) is 14.7. The Bertz CT molecular complexity index is 1320. The van der Waals surface area contributed by atoms with Crippen LogP contribution in [0.15, 0.2) is 78.9 Å². The molecule has 0 radical (unpaired) electrons. The quantitative estimate of drug-likeness (QED) is 0.370. The number of hydrogen-bond acceptors (Lipinski definition) is 5. The molecule has 1 amide bonds. The van der Waals surface area contributed by atoms with E-state index in [1.54, 1.807) is 0 Å². The molecule has 6 heteroatoms. The number of carbonyl (C=O) groups excluding carboxylic acids is 1. The third-order valence-corrected chi connectivity index (χ3v) is 8.69. The van der Waals surface area contributed by atoms with E-state index in [0.29, 0.717) is 24.0 Å². The van der Waals surface area contributed by atoms with Gasteiger partial charge >= 0.3 is 0 Å². The molecule has 0 bridgehead atoms. The van der Waals surface area contributed by atoms with Gasteiger partial charge in [0, 0.05) is 57.4 Å². The highest BCUT2D eigenvalue weighted by molar-refractivity contribution is 5.83. The predicted molar refractivity (Wildman–Crippen MR) is 157 cm³/mol. The Balaban J connectivity index is 1.09. The summed E-state index contributed by atoms with van der Waals surface area (Å²) in [6.45, 7) is 6.77. The minimum atomic E-state index is -0.0775. The first-order chi connectivity index (χ1) is 19.7. The lowest BCUT2D eigenvalue weighted by atomic mass is 10.1. The smallest absolute Gasteiger partial charge is 0.226 e. The van der Waals surface area contributed by atoms with Crippen molar-refractivity contribution in [3.05, 3.63) is 101 Å². The van der Waals surface area contributed by atoms with Gasteiger partial charge in [-0.05, 0) is 66.1 Å². The Kier molecular flexibility index (Phi) is 8.13. The molecule has 3 aromatic carbocycles. The molecule has 1 saturated carbocycles. The molecule has 2 unspecified atom stereocenters. The molecule has 2 aliphatic heterocycles. The molecule has 2 heterocycles. The van der Waals surface area contributed by atoms with Crippen LogP contribution in [0, 0.1) is 17.2 Å². The van der Waals surface area contributed by atoms with Gasteiger partial charge in [-0.25, -0.2) is 0 Å². The van der Waals surface area contributed by atoms with Crippen LogP contribution in [0.2, 0.25) is 0 Å². The first kappa shape index (κ1) is 26.6. The number of ether oxygens (including phenoxy) is 1. The Labute approximate surface area is 237 Å². The number of nitriles is 1. The van der Waals surface area contributed by atoms with E-state index in [9.17, 15) is 4.79 Å². The maximum absolute atomic E-state index is 13.2. The van der Waals surface area contributed by atoms with Gasteiger partial charge in [0.15, 0.2) is 0 Å². The number of carbonyl (C=O) groups is 1. The molecular formula is C34H38N4O2. The van der Waals surface area contributed by atoms with Crippen molar-refractivity contribution in [1.82, 2.24) is 9.80 Å². The molecule has 3 atom stereocenters. The molecule has 3 aromatic rings. The van der Waals surface area contributed by atoms with Crippen LogP contribution in [-0.4, -0.2) is 61.5 Å². The third kappa shape index (κ3) is 6.22. The summed E-state index contributed by atoms with van der Waals surface area (Å²) in [5, 5.41) is 9.13. The Morgan fingerprint density at radius 3 is 2.38 bits per heavy atom. The summed E-state index contributed by atoms with van der Waals surface area (Å²) in [6.07, 6.45) is 3.39. The lowest BCUT2D eigenvalue weighted by Gasteiger charge is -2.37. The van der Waals surface area contributed by atoms with Crippen molar-refractivity contribution >= 4 is 11.6 Å². The van der Waals surface area contributed by atoms with Crippen LogP contribution >= 0.6 is 0 Å². The van der Waals surface area contributed by atoms with Crippen LogP contribution in [0.3, 0.4) is 0 Å². The van der Waals surface area contributed by atoms with Gasteiger partial charge in [-0.2, -0.15) is 5.26 Å². The summed E-state index contributed by atoms with van der Waals surface area (Å²) in [4.78, 5) is 20.2. The second-order valence-corrected chi connectivity index (χ2v) is 11.4. The summed E-state index contributed by atoms with van der Waals surface area (Å²) in [5.41, 5.74) is 5.48. The van der Waals surface area contributed by atoms with E-state index in [2.05, 4.69) is 69.3 Å². The molecule has 1 aliphatic carbocycles. The summed E-state index contributed by atoms with van der Waals surface area (Å²) >= 11 is 0. The second kappa shape index (κ2) is 12.2. The van der Waals surface area contributed by atoms with E-state index >= 15 is 0 Å². The lowest BCUT2D eigenvalue weighted by molar-refractivity contribution is -0.134. The topological polar surface area (TPSA) is 59.8 Å². The number of anilines is 1. The fourth-order valence-electron chi connectivity index (χ4n) is 6.18. The second-order valence-electron chi connectivity index (χ2n) is 11.4. The number of rotatable bonds is 9. The largest absolute Gasteiger partial charge is 0.372 e. The number of amides is 1. The van der Waals surface area contributed by atoms with Gasteiger partial charge in [0.05, 0.1) is 24.3 Å². The van der Waals surface area contributed by atoms with Crippen LogP contribution in [0.4, 0.5) is 5.69 Å². The SMILES string of the molecule is N#Cc1ccc(COC(CN2CCN(C(=O)C3C[C@H]3c3ccccc3)CC2)c2cccc(N3CCCC3)c2)cc1. The van der Waals surface area contributed by atoms with Crippen molar-refractivity contribution < 1.29 is 9.53 Å². The van der Waals surface area contributed by atoms with E-state index in [-0.39, 0.29) is 12.0 Å². The Hall–Kier alpha value is -3.66. The summed E-state index contributed by atoms with van der Waals surface area (Å²) < 4.78 is 6.57. The molecule has 0 spiro atoms. The molecule has 3 aliphatic rings. The number of nitrogens with zero attached hydrogens (tertiary/aromatic N) is 4. The fraction of sp³-hybridized carbons (Fsp3) is 0.412. The van der Waals surface area contributed by atoms with Gasteiger partial charge in [0.2, 0.25) is 5.91 Å². The molecule has 2 saturated heterocycles. The molecule has 0 aromatic heterocycles. The zero-order valence-electron chi connectivity index (χ0n) is 23.1. The summed E-state index contributed by atoms with van der Waals surface area (Å²) in [5.74, 6) is 0.848. The van der Waals surface area contributed by atoms with Crippen molar-refractivity contribution in [2.24, 2.45) is 5.92 Å². The Morgan fingerprint density at radius 2 is 1.65 bits per heavy atom. The average Bonchev–Trinajstić information content (AvgIpc) is 3.63. The highest BCUT2D eigenvalue weighted by Crippen LogP contribution is 2.48. The van der Waals surface area contributed by atoms with Crippen LogP contribution < -0.4 is 4.90 Å². The number of benzene rings is 3. The maximum atomic E-state index is 13.2. The van der Waals surface area contributed by atoms with Gasteiger partial charge in [-0.1, -0.05) is 54.6 Å². The van der Waals surface area contributed by atoms with E-state index in [0.717, 1.165) is 57.8 Å². The molecule has 6 rings (SSSR count). The minimum Gasteiger partial charge on any atom is -0.372 e. The monoisotopic (exact) mass is 534 g/mol. The first-order valence-electron chi connectivity index (χ1n) is 14.7. The standard InChI is InChI=1S/C34H38N4O2/c35-23-26-11-13-27(14-12-26)25-40-33(29-9-6-10-30(21-29)37-15-4-5-16-37)24-36-17-19-38(20-18-36)34(39)32-22-31(32)28-7-2-1-3-8-28/h1-3,6-14,21,31-33H,4-5,15-20,22,24-25H2/t31-,32?,33?/m0/s1. The van der Waals surface area contributed by atoms with Crippen molar-refractivity contribution in [3.63, 3.8) is 0 Å². The van der Waals surface area contributed by atoms with Crippen molar-refractivity contribution in [3.8, 4) is 6.07 Å². The van der Waals surface area contributed by atoms with E-state index in [1.165, 1.54) is 29.7 Å². The third-order valence-electron chi connectivity index (χ3n) is 8.69. The summed E-state index contributed by atoms with van der Waals surface area (Å²) in [7, 11) is 0. The van der Waals surface area contributed by atoms with E-state index in [1.807, 2.05) is 30.3 Å². The van der Waals surface area contributed by atoms with E-state index < -0.39 is 0 Å². The van der Waals surface area contributed by atoms with Gasteiger partial charge in [-0.15, -0.1) is 0 Å². The fourth-order valence-corrected chi connectivity index (χ4v) is 6.18. The van der Waals surface area contributed by atoms with Crippen LogP contribution in [-0.2, 0) is 16.1 Å². The maximum Gasteiger partial charge on any atom is 0.226 e.